The monoisotopic (exact) mass is 333 g/mol. The fourth-order valence-electron chi connectivity index (χ4n) is 2.16. The van der Waals surface area contributed by atoms with Gasteiger partial charge in [0.1, 0.15) is 11.5 Å². The van der Waals surface area contributed by atoms with E-state index in [4.69, 9.17) is 9.26 Å². The molecule has 0 saturated heterocycles. The molecule has 0 fully saturated rings. The van der Waals surface area contributed by atoms with Gasteiger partial charge in [-0.1, -0.05) is 26.0 Å². The van der Waals surface area contributed by atoms with Crippen LogP contribution in [0.1, 0.15) is 32.3 Å². The van der Waals surface area contributed by atoms with E-state index in [1.807, 2.05) is 55.5 Å². The third-order valence-electron chi connectivity index (χ3n) is 3.32. The first-order valence-corrected chi connectivity index (χ1v) is 9.85. The Bertz CT molecular complexity index is 666. The Morgan fingerprint density at radius 1 is 1.00 bits per heavy atom. The smallest absolute Gasteiger partial charge is 0.338 e. The summed E-state index contributed by atoms with van der Waals surface area (Å²) >= 11 is 0. The van der Waals surface area contributed by atoms with Crippen LogP contribution in [0, 0.1) is 0 Å². The maximum atomic E-state index is 12.6. The van der Waals surface area contributed by atoms with Crippen LogP contribution < -0.4 is 14.3 Å². The van der Waals surface area contributed by atoms with E-state index >= 15 is 0 Å². The Balaban J connectivity index is 2.02. The number of hydrogen-bond donors (Lipinski definition) is 1. The van der Waals surface area contributed by atoms with Crippen molar-refractivity contribution in [3.63, 3.8) is 0 Å². The van der Waals surface area contributed by atoms with Crippen molar-refractivity contribution in [2.45, 2.75) is 26.7 Å². The molecule has 1 unspecified atom stereocenters. The van der Waals surface area contributed by atoms with E-state index in [2.05, 4.69) is 18.9 Å². The molecule has 2 rings (SSSR count). The van der Waals surface area contributed by atoms with Crippen LogP contribution in [0.4, 0.5) is 5.69 Å². The molecule has 4 nitrogen and oxygen atoms in total. The van der Waals surface area contributed by atoms with Gasteiger partial charge in [-0.2, -0.15) is 0 Å². The highest BCUT2D eigenvalue weighted by Gasteiger charge is 2.17. The Labute approximate surface area is 138 Å². The Kier molecular flexibility index (Phi) is 5.73. The minimum Gasteiger partial charge on any atom is -0.494 e. The van der Waals surface area contributed by atoms with Crippen LogP contribution in [0.2, 0.25) is 0 Å². The van der Waals surface area contributed by atoms with Gasteiger partial charge in [-0.3, -0.25) is 4.57 Å². The van der Waals surface area contributed by atoms with Gasteiger partial charge in [0.05, 0.1) is 6.61 Å². The molecule has 2 aromatic carbocycles. The molecule has 0 spiro atoms. The first kappa shape index (κ1) is 17.4. The molecule has 2 aromatic rings. The summed E-state index contributed by atoms with van der Waals surface area (Å²) in [4.78, 5) is 0. The van der Waals surface area contributed by atoms with Crippen molar-refractivity contribution < 1.29 is 13.8 Å². The van der Waals surface area contributed by atoms with Crippen molar-refractivity contribution in [1.82, 2.24) is 0 Å². The average molecular weight is 333 g/mol. The zero-order valence-corrected chi connectivity index (χ0v) is 15.0. The average Bonchev–Trinajstić information content (AvgIpc) is 2.49. The summed E-state index contributed by atoms with van der Waals surface area (Å²) in [5.41, 5.74) is 1.96. The maximum absolute atomic E-state index is 12.6. The number of nitrogens with one attached hydrogen (secondary N) is 1. The lowest BCUT2D eigenvalue weighted by Gasteiger charge is -2.18. The zero-order chi connectivity index (χ0) is 16.9. The highest BCUT2D eigenvalue weighted by Crippen LogP contribution is 2.43. The number of rotatable bonds is 7. The molecular weight excluding hydrogens is 309 g/mol. The quantitative estimate of drug-likeness (QED) is 0.678. The standard InChI is InChI=1S/C18H24NO3P/c1-5-21-17-12-8-16(9-13-17)19-23(4,20)22-18-10-6-15(7-11-18)14(2)3/h6-14H,5H2,1-4H3,(H,19,20). The normalized spacial score (nSPS) is 13.4. The fourth-order valence-corrected chi connectivity index (χ4v) is 3.35. The largest absolute Gasteiger partial charge is 0.494 e. The summed E-state index contributed by atoms with van der Waals surface area (Å²) < 4.78 is 23.6. The molecule has 0 bridgehead atoms. The fraction of sp³-hybridized carbons (Fsp3) is 0.333. The van der Waals surface area contributed by atoms with Crippen LogP contribution in [-0.2, 0) is 4.57 Å². The zero-order valence-electron chi connectivity index (χ0n) is 14.1. The van der Waals surface area contributed by atoms with Crippen molar-refractivity contribution in [1.29, 1.82) is 0 Å². The molecule has 1 atom stereocenters. The molecule has 5 heteroatoms. The summed E-state index contributed by atoms with van der Waals surface area (Å²) in [6, 6.07) is 15.0. The van der Waals surface area contributed by atoms with Crippen LogP contribution in [0.5, 0.6) is 11.5 Å². The highest BCUT2D eigenvalue weighted by molar-refractivity contribution is 7.60. The molecular formula is C18H24NO3P. The summed E-state index contributed by atoms with van der Waals surface area (Å²) in [5.74, 6) is 1.84. The van der Waals surface area contributed by atoms with Gasteiger partial charge in [0.15, 0.2) is 0 Å². The molecule has 0 amide bonds. The SMILES string of the molecule is CCOc1ccc(NP(C)(=O)Oc2ccc(C(C)C)cc2)cc1. The van der Waals surface area contributed by atoms with Crippen LogP contribution >= 0.6 is 7.52 Å². The highest BCUT2D eigenvalue weighted by atomic mass is 31.2. The van der Waals surface area contributed by atoms with Gasteiger partial charge in [0.2, 0.25) is 0 Å². The molecule has 0 aliphatic carbocycles. The predicted octanol–water partition coefficient (Wildman–Crippen LogP) is 5.52. The third kappa shape index (κ3) is 5.33. The van der Waals surface area contributed by atoms with Crippen molar-refractivity contribution >= 4 is 13.2 Å². The molecule has 0 aliphatic heterocycles. The molecule has 0 saturated carbocycles. The topological polar surface area (TPSA) is 47.6 Å². The second-order valence-corrected chi connectivity index (χ2v) is 7.83. The van der Waals surface area contributed by atoms with Gasteiger partial charge in [0, 0.05) is 12.4 Å². The molecule has 0 heterocycles. The minimum absolute atomic E-state index is 0.458. The van der Waals surface area contributed by atoms with Crippen molar-refractivity contribution in [3.8, 4) is 11.5 Å². The molecule has 1 N–H and O–H groups in total. The summed E-state index contributed by atoms with van der Waals surface area (Å²) in [7, 11) is -3.00. The van der Waals surface area contributed by atoms with Gasteiger partial charge in [0.25, 0.3) is 0 Å². The van der Waals surface area contributed by atoms with Crippen LogP contribution in [0.25, 0.3) is 0 Å². The van der Waals surface area contributed by atoms with E-state index in [0.29, 0.717) is 18.3 Å². The first-order chi connectivity index (χ1) is 10.9. The Hall–Kier alpha value is -1.93. The lowest BCUT2D eigenvalue weighted by molar-refractivity contribution is 0.340. The van der Waals surface area contributed by atoms with E-state index in [0.717, 1.165) is 11.4 Å². The molecule has 0 aromatic heterocycles. The summed E-state index contributed by atoms with van der Waals surface area (Å²) in [5, 5.41) is 2.95. The van der Waals surface area contributed by atoms with Gasteiger partial charge in [-0.25, -0.2) is 0 Å². The van der Waals surface area contributed by atoms with Crippen molar-refractivity contribution in [2.24, 2.45) is 0 Å². The number of anilines is 1. The third-order valence-corrected chi connectivity index (χ3v) is 4.55. The predicted molar refractivity (Wildman–Crippen MR) is 95.9 cm³/mol. The summed E-state index contributed by atoms with van der Waals surface area (Å²) in [6.45, 7) is 8.39. The lowest BCUT2D eigenvalue weighted by Crippen LogP contribution is -2.02. The van der Waals surface area contributed by atoms with Crippen LogP contribution in [0.3, 0.4) is 0 Å². The molecule has 23 heavy (non-hydrogen) atoms. The van der Waals surface area contributed by atoms with Crippen LogP contribution in [0.15, 0.2) is 48.5 Å². The number of benzene rings is 2. The van der Waals surface area contributed by atoms with Crippen molar-refractivity contribution in [3.05, 3.63) is 54.1 Å². The van der Waals surface area contributed by atoms with Gasteiger partial charge in [-0.05, 0) is 54.8 Å². The lowest BCUT2D eigenvalue weighted by atomic mass is 10.0. The van der Waals surface area contributed by atoms with Gasteiger partial charge in [-0.15, -0.1) is 0 Å². The van der Waals surface area contributed by atoms with Gasteiger partial charge < -0.3 is 14.3 Å². The van der Waals surface area contributed by atoms with E-state index in [1.54, 1.807) is 6.66 Å². The Morgan fingerprint density at radius 3 is 2.09 bits per heavy atom. The van der Waals surface area contributed by atoms with E-state index in [9.17, 15) is 4.57 Å². The van der Waals surface area contributed by atoms with E-state index in [-0.39, 0.29) is 0 Å². The van der Waals surface area contributed by atoms with Crippen molar-refractivity contribution in [2.75, 3.05) is 18.4 Å². The maximum Gasteiger partial charge on any atom is 0.338 e. The second-order valence-electron chi connectivity index (χ2n) is 5.73. The number of hydrogen-bond acceptors (Lipinski definition) is 3. The first-order valence-electron chi connectivity index (χ1n) is 7.78. The van der Waals surface area contributed by atoms with Crippen LogP contribution in [-0.4, -0.2) is 13.3 Å². The van der Waals surface area contributed by atoms with Gasteiger partial charge >= 0.3 is 7.52 Å². The van der Waals surface area contributed by atoms with E-state index in [1.165, 1.54) is 5.56 Å². The number of ether oxygens (including phenoxy) is 1. The minimum atomic E-state index is -3.00. The Morgan fingerprint density at radius 2 is 1.57 bits per heavy atom. The second kappa shape index (κ2) is 7.56. The summed E-state index contributed by atoms with van der Waals surface area (Å²) in [6.07, 6.45) is 0. The molecule has 0 aliphatic rings. The van der Waals surface area contributed by atoms with E-state index < -0.39 is 7.52 Å². The molecule has 124 valence electrons. The molecule has 0 radical (unpaired) electrons.